The van der Waals surface area contributed by atoms with Crippen LogP contribution in [0.15, 0.2) is 24.3 Å². The SMILES string of the molecule is COc1ccc(CN2C[C@@H](O)COC[C@@H]3O[C@@H](CC(=O)NCCN4CCCC4)CC[C@H]32)cc1. The fourth-order valence-electron chi connectivity index (χ4n) is 5.23. The monoisotopic (exact) mass is 461 g/mol. The van der Waals surface area contributed by atoms with Gasteiger partial charge in [-0.15, -0.1) is 0 Å². The van der Waals surface area contributed by atoms with Gasteiger partial charge >= 0.3 is 0 Å². The molecule has 0 unspecified atom stereocenters. The third-order valence-electron chi connectivity index (χ3n) is 6.99. The molecule has 3 fully saturated rings. The van der Waals surface area contributed by atoms with Crippen LogP contribution >= 0.6 is 0 Å². The fourth-order valence-corrected chi connectivity index (χ4v) is 5.23. The van der Waals surface area contributed by atoms with Gasteiger partial charge in [-0.3, -0.25) is 9.69 Å². The van der Waals surface area contributed by atoms with E-state index < -0.39 is 6.10 Å². The first-order valence-corrected chi connectivity index (χ1v) is 12.4. The van der Waals surface area contributed by atoms with E-state index in [1.807, 2.05) is 12.1 Å². The average molecular weight is 462 g/mol. The van der Waals surface area contributed by atoms with Crippen LogP contribution in [-0.4, -0.2) is 98.2 Å². The van der Waals surface area contributed by atoms with Crippen LogP contribution in [0.2, 0.25) is 0 Å². The van der Waals surface area contributed by atoms with Crippen molar-refractivity contribution in [2.24, 2.45) is 0 Å². The number of hydrogen-bond donors (Lipinski definition) is 2. The van der Waals surface area contributed by atoms with Crippen molar-refractivity contribution in [3.63, 3.8) is 0 Å². The smallest absolute Gasteiger partial charge is 0.222 e. The standard InChI is InChI=1S/C25H39N3O5/c1-31-21-6-4-19(5-7-21)15-28-16-20(29)17-32-18-24-23(28)9-8-22(33-24)14-25(30)26-10-13-27-11-2-3-12-27/h4-7,20,22-24,29H,2-3,8-18H2,1H3,(H,26,30)/t20-,22-,23-,24+/m1/s1. The highest BCUT2D eigenvalue weighted by atomic mass is 16.5. The largest absolute Gasteiger partial charge is 0.497 e. The molecule has 0 spiro atoms. The first-order valence-electron chi connectivity index (χ1n) is 12.4. The number of nitrogens with zero attached hydrogens (tertiary/aromatic N) is 2. The molecule has 3 aliphatic heterocycles. The summed E-state index contributed by atoms with van der Waals surface area (Å²) >= 11 is 0. The van der Waals surface area contributed by atoms with Gasteiger partial charge in [0.25, 0.3) is 0 Å². The van der Waals surface area contributed by atoms with Gasteiger partial charge in [0.2, 0.25) is 5.91 Å². The van der Waals surface area contributed by atoms with Gasteiger partial charge in [0.1, 0.15) is 5.75 Å². The molecule has 8 nitrogen and oxygen atoms in total. The molecule has 3 aliphatic rings. The van der Waals surface area contributed by atoms with E-state index in [1.54, 1.807) is 7.11 Å². The minimum Gasteiger partial charge on any atom is -0.497 e. The average Bonchev–Trinajstić information content (AvgIpc) is 3.32. The van der Waals surface area contributed by atoms with Crippen LogP contribution in [0.4, 0.5) is 0 Å². The normalized spacial score (nSPS) is 29.2. The van der Waals surface area contributed by atoms with E-state index in [0.717, 1.165) is 44.8 Å². The second-order valence-electron chi connectivity index (χ2n) is 9.51. The summed E-state index contributed by atoms with van der Waals surface area (Å²) in [4.78, 5) is 17.2. The number of benzene rings is 1. The summed E-state index contributed by atoms with van der Waals surface area (Å²) in [5.41, 5.74) is 1.17. The maximum atomic E-state index is 12.5. The highest BCUT2D eigenvalue weighted by Gasteiger charge is 2.38. The highest BCUT2D eigenvalue weighted by Crippen LogP contribution is 2.29. The van der Waals surface area contributed by atoms with E-state index in [9.17, 15) is 9.90 Å². The summed E-state index contributed by atoms with van der Waals surface area (Å²) in [6.45, 7) is 5.93. The van der Waals surface area contributed by atoms with E-state index in [4.69, 9.17) is 14.2 Å². The zero-order valence-electron chi connectivity index (χ0n) is 19.8. The van der Waals surface area contributed by atoms with Gasteiger partial charge in [-0.1, -0.05) is 12.1 Å². The molecule has 1 aromatic carbocycles. The van der Waals surface area contributed by atoms with E-state index in [0.29, 0.717) is 32.7 Å². The van der Waals surface area contributed by atoms with Crippen LogP contribution < -0.4 is 10.1 Å². The quantitative estimate of drug-likeness (QED) is 0.606. The van der Waals surface area contributed by atoms with Crippen molar-refractivity contribution in [2.45, 2.75) is 63.0 Å². The Morgan fingerprint density at radius 3 is 2.73 bits per heavy atom. The maximum absolute atomic E-state index is 12.5. The molecule has 0 aromatic heterocycles. The number of amides is 1. The number of nitrogens with one attached hydrogen (secondary N) is 1. The molecule has 4 atom stereocenters. The van der Waals surface area contributed by atoms with Gasteiger partial charge in [-0.05, 0) is 56.5 Å². The Morgan fingerprint density at radius 1 is 1.18 bits per heavy atom. The van der Waals surface area contributed by atoms with Gasteiger partial charge in [0.15, 0.2) is 0 Å². The van der Waals surface area contributed by atoms with Gasteiger partial charge in [-0.2, -0.15) is 0 Å². The van der Waals surface area contributed by atoms with Crippen LogP contribution in [0, 0.1) is 0 Å². The van der Waals surface area contributed by atoms with Crippen molar-refractivity contribution in [1.82, 2.24) is 15.1 Å². The molecule has 184 valence electrons. The van der Waals surface area contributed by atoms with Gasteiger partial charge in [-0.25, -0.2) is 0 Å². The lowest BCUT2D eigenvalue weighted by atomic mass is 9.94. The Kier molecular flexibility index (Phi) is 8.97. The third kappa shape index (κ3) is 7.13. The predicted octanol–water partition coefficient (Wildman–Crippen LogP) is 1.41. The Bertz CT molecular complexity index is 740. The Hall–Kier alpha value is -1.71. The molecule has 2 N–H and O–H groups in total. The summed E-state index contributed by atoms with van der Waals surface area (Å²) in [6.07, 6.45) is 3.95. The first-order chi connectivity index (χ1) is 16.1. The third-order valence-corrected chi connectivity index (χ3v) is 6.99. The maximum Gasteiger partial charge on any atom is 0.222 e. The molecule has 1 amide bonds. The number of carbonyl (C=O) groups excluding carboxylic acids is 1. The van der Waals surface area contributed by atoms with Crippen LogP contribution in [-0.2, 0) is 20.8 Å². The minimum absolute atomic E-state index is 0.0647. The second-order valence-corrected chi connectivity index (χ2v) is 9.51. The molecule has 1 aromatic rings. The Balaban J connectivity index is 1.30. The number of aliphatic hydroxyl groups excluding tert-OH is 1. The molecule has 3 heterocycles. The van der Waals surface area contributed by atoms with Gasteiger partial charge in [0.05, 0.1) is 45.1 Å². The van der Waals surface area contributed by atoms with Crippen molar-refractivity contribution in [1.29, 1.82) is 0 Å². The first kappa shape index (κ1) is 24.4. The molecule has 4 rings (SSSR count). The van der Waals surface area contributed by atoms with Crippen LogP contribution in [0.5, 0.6) is 5.75 Å². The van der Waals surface area contributed by atoms with Gasteiger partial charge < -0.3 is 29.5 Å². The Morgan fingerprint density at radius 2 is 1.97 bits per heavy atom. The molecule has 3 saturated heterocycles. The summed E-state index contributed by atoms with van der Waals surface area (Å²) in [6, 6.07) is 8.21. The number of likely N-dealkylation sites (tertiary alicyclic amines) is 1. The fraction of sp³-hybridized carbons (Fsp3) is 0.720. The van der Waals surface area contributed by atoms with Crippen molar-refractivity contribution < 1.29 is 24.1 Å². The number of rotatable bonds is 8. The lowest BCUT2D eigenvalue weighted by molar-refractivity contribution is -0.158. The van der Waals surface area contributed by atoms with Crippen LogP contribution in [0.1, 0.15) is 37.7 Å². The molecule has 33 heavy (non-hydrogen) atoms. The Labute approximate surface area is 197 Å². The molecule has 0 radical (unpaired) electrons. The second kappa shape index (κ2) is 12.1. The minimum atomic E-state index is -0.525. The van der Waals surface area contributed by atoms with E-state index >= 15 is 0 Å². The van der Waals surface area contributed by atoms with E-state index in [2.05, 4.69) is 27.2 Å². The lowest BCUT2D eigenvalue weighted by Gasteiger charge is -2.44. The number of aliphatic hydroxyl groups is 1. The molecule has 8 heteroatoms. The van der Waals surface area contributed by atoms with Gasteiger partial charge in [0, 0.05) is 32.2 Å². The summed E-state index contributed by atoms with van der Waals surface area (Å²) in [7, 11) is 1.66. The van der Waals surface area contributed by atoms with Crippen molar-refractivity contribution in [3.05, 3.63) is 29.8 Å². The summed E-state index contributed by atoms with van der Waals surface area (Å²) in [5.74, 6) is 0.898. The van der Waals surface area contributed by atoms with Crippen molar-refractivity contribution >= 4 is 5.91 Å². The molecule has 0 aliphatic carbocycles. The zero-order valence-corrected chi connectivity index (χ0v) is 19.8. The number of ether oxygens (including phenoxy) is 3. The van der Waals surface area contributed by atoms with E-state index in [1.165, 1.54) is 18.4 Å². The number of β-amino-alcohol motifs (C(OH)–C–C–N with tert-alkyl or cyclic N) is 1. The summed E-state index contributed by atoms with van der Waals surface area (Å²) < 4.78 is 17.4. The predicted molar refractivity (Wildman–Crippen MR) is 125 cm³/mol. The summed E-state index contributed by atoms with van der Waals surface area (Å²) in [5, 5.41) is 13.4. The van der Waals surface area contributed by atoms with E-state index in [-0.39, 0.29) is 24.2 Å². The molecule has 0 saturated carbocycles. The molecular formula is C25H39N3O5. The van der Waals surface area contributed by atoms with Crippen molar-refractivity contribution in [3.8, 4) is 5.75 Å². The lowest BCUT2D eigenvalue weighted by Crippen LogP contribution is -2.55. The number of methoxy groups -OCH3 is 1. The van der Waals surface area contributed by atoms with Crippen LogP contribution in [0.25, 0.3) is 0 Å². The topological polar surface area (TPSA) is 83.5 Å². The number of carbonyl (C=O) groups is 1. The van der Waals surface area contributed by atoms with Crippen LogP contribution in [0.3, 0.4) is 0 Å². The number of hydrogen-bond acceptors (Lipinski definition) is 7. The highest BCUT2D eigenvalue weighted by molar-refractivity contribution is 5.76. The van der Waals surface area contributed by atoms with Crippen molar-refractivity contribution in [2.75, 3.05) is 53.0 Å². The molecule has 0 bridgehead atoms. The number of fused-ring (bicyclic) bond motifs is 1. The zero-order chi connectivity index (χ0) is 23.0. The molecular weight excluding hydrogens is 422 g/mol.